The van der Waals surface area contributed by atoms with Crippen LogP contribution in [-0.4, -0.2) is 57.5 Å². The fourth-order valence-corrected chi connectivity index (χ4v) is 0.911. The third-order valence-electron chi connectivity index (χ3n) is 2.22. The maximum absolute atomic E-state index is 13.4. The minimum atomic E-state index is -5.17. The first-order valence-electron chi connectivity index (χ1n) is 5.84. The SMILES string of the molecule is O=[N+]([O-])C(F)(CO[C](OCC(F)(F)F)OCC(F)([N+](=O)[O-])[N+](=O)[O-])[N+](=O)[O-]. The fourth-order valence-electron chi connectivity index (χ4n) is 0.911. The molecule has 0 rings (SSSR count). The molecule has 1 radical (unpaired) electrons. The lowest BCUT2D eigenvalue weighted by atomic mass is 10.5. The number of alkyl halides is 5. The first-order valence-corrected chi connectivity index (χ1v) is 5.84. The minimum Gasteiger partial charge on any atom is -0.311 e. The molecule has 15 nitrogen and oxygen atoms in total. The molecule has 0 heterocycles. The number of rotatable bonds is 12. The van der Waals surface area contributed by atoms with Crippen LogP contribution in [0.4, 0.5) is 22.0 Å². The van der Waals surface area contributed by atoms with Gasteiger partial charge in [-0.1, -0.05) is 8.78 Å². The second-order valence-corrected chi connectivity index (χ2v) is 4.20. The van der Waals surface area contributed by atoms with Gasteiger partial charge in [-0.3, -0.25) is 40.5 Å². The molecule has 0 aromatic rings. The zero-order valence-corrected chi connectivity index (χ0v) is 12.3. The lowest BCUT2D eigenvalue weighted by Crippen LogP contribution is -2.48. The topological polar surface area (TPSA) is 200 Å². The molecule has 0 aromatic carbocycles. The normalized spacial score (nSPS) is 12.8. The molecule has 20 heteroatoms. The van der Waals surface area contributed by atoms with Crippen molar-refractivity contribution in [1.29, 1.82) is 0 Å². The van der Waals surface area contributed by atoms with E-state index in [0.717, 1.165) is 0 Å². The van der Waals surface area contributed by atoms with Crippen LogP contribution in [-0.2, 0) is 14.2 Å². The van der Waals surface area contributed by atoms with E-state index < -0.39 is 64.0 Å². The van der Waals surface area contributed by atoms with E-state index in [4.69, 9.17) is 0 Å². The summed E-state index contributed by atoms with van der Waals surface area (Å²) in [5, 5.41) is 41.1. The largest absolute Gasteiger partial charge is 0.637 e. The van der Waals surface area contributed by atoms with Gasteiger partial charge in [0, 0.05) is 0 Å². The van der Waals surface area contributed by atoms with Crippen LogP contribution in [0.25, 0.3) is 0 Å². The van der Waals surface area contributed by atoms with E-state index in [2.05, 4.69) is 14.2 Å². The molecule has 0 fully saturated rings. The van der Waals surface area contributed by atoms with Gasteiger partial charge in [-0.2, -0.15) is 13.2 Å². The van der Waals surface area contributed by atoms with Crippen molar-refractivity contribution >= 4 is 0 Å². The molecule has 155 valence electrons. The Bertz CT molecular complexity index is 530. The van der Waals surface area contributed by atoms with Crippen molar-refractivity contribution in [2.24, 2.45) is 0 Å². The van der Waals surface area contributed by atoms with Gasteiger partial charge in [0.1, 0.15) is 26.3 Å². The van der Waals surface area contributed by atoms with Gasteiger partial charge in [-0.15, -0.1) is 0 Å². The predicted molar refractivity (Wildman–Crippen MR) is 62.8 cm³/mol. The molecule has 0 aliphatic rings. The molecule has 0 aliphatic heterocycles. The smallest absolute Gasteiger partial charge is 0.311 e. The molecule has 0 N–H and O–H groups in total. The Morgan fingerprint density at radius 1 is 0.630 bits per heavy atom. The molecule has 0 aliphatic carbocycles. The summed E-state index contributed by atoms with van der Waals surface area (Å²) in [6.45, 7) is -9.02. The molecule has 0 amide bonds. The van der Waals surface area contributed by atoms with Crippen molar-refractivity contribution in [2.75, 3.05) is 19.8 Å². The van der Waals surface area contributed by atoms with E-state index in [0.29, 0.717) is 0 Å². The highest BCUT2D eigenvalue weighted by Crippen LogP contribution is 2.23. The number of hydrogen-bond donors (Lipinski definition) is 0. The average molecular weight is 417 g/mol. The number of nitrogens with zero attached hydrogens (tertiary/aromatic N) is 4. The maximum atomic E-state index is 13.4. The van der Waals surface area contributed by atoms with Gasteiger partial charge in [0.2, 0.25) is 13.2 Å². The van der Waals surface area contributed by atoms with Crippen LogP contribution in [0, 0.1) is 46.9 Å². The first-order chi connectivity index (χ1) is 12.1. The van der Waals surface area contributed by atoms with Crippen LogP contribution in [0.1, 0.15) is 0 Å². The second kappa shape index (κ2) is 8.68. The zero-order chi connectivity index (χ0) is 21.6. The van der Waals surface area contributed by atoms with Gasteiger partial charge < -0.3 is 14.2 Å². The molecule has 0 spiro atoms. The highest BCUT2D eigenvalue weighted by molar-refractivity contribution is 4.61. The summed E-state index contributed by atoms with van der Waals surface area (Å²) in [6, 6.07) is 0. The van der Waals surface area contributed by atoms with Crippen molar-refractivity contribution in [2.45, 2.75) is 18.0 Å². The Hall–Kier alpha value is -2.87. The summed E-state index contributed by atoms with van der Waals surface area (Å²) < 4.78 is 74.2. The Labute approximate surface area is 142 Å². The van der Waals surface area contributed by atoms with Crippen molar-refractivity contribution < 1.29 is 55.9 Å². The van der Waals surface area contributed by atoms with E-state index >= 15 is 0 Å². The van der Waals surface area contributed by atoms with Crippen LogP contribution in [0.15, 0.2) is 0 Å². The van der Waals surface area contributed by atoms with E-state index in [1.165, 1.54) is 0 Å². The second-order valence-electron chi connectivity index (χ2n) is 4.20. The number of halogens is 5. The van der Waals surface area contributed by atoms with Crippen LogP contribution in [0.2, 0.25) is 0 Å². The third kappa shape index (κ3) is 6.74. The number of ether oxygens (including phenoxy) is 3. The molecule has 0 aromatic heterocycles. The van der Waals surface area contributed by atoms with E-state index in [1.54, 1.807) is 0 Å². The molecular formula is C7H6F5N4O11. The highest BCUT2D eigenvalue weighted by atomic mass is 19.4. The summed E-state index contributed by atoms with van der Waals surface area (Å²) in [4.78, 5) is 32.5. The molecule has 0 saturated carbocycles. The van der Waals surface area contributed by atoms with E-state index in [9.17, 15) is 62.4 Å². The molecular weight excluding hydrogens is 411 g/mol. The number of nitro groups is 4. The lowest BCUT2D eigenvalue weighted by molar-refractivity contribution is -0.835. The molecule has 0 atom stereocenters. The Morgan fingerprint density at radius 2 is 0.889 bits per heavy atom. The van der Waals surface area contributed by atoms with Crippen molar-refractivity contribution in [3.63, 3.8) is 0 Å². The molecule has 0 unspecified atom stereocenters. The maximum Gasteiger partial charge on any atom is 0.637 e. The van der Waals surface area contributed by atoms with Crippen LogP contribution < -0.4 is 0 Å². The Kier molecular flexibility index (Phi) is 7.76. The molecule has 0 bridgehead atoms. The summed E-state index contributed by atoms with van der Waals surface area (Å²) >= 11 is 0. The number of hydrogen-bond acceptors (Lipinski definition) is 11. The van der Waals surface area contributed by atoms with Crippen LogP contribution in [0.5, 0.6) is 0 Å². The Morgan fingerprint density at radius 3 is 1.11 bits per heavy atom. The van der Waals surface area contributed by atoms with Crippen molar-refractivity contribution in [1.82, 2.24) is 0 Å². The van der Waals surface area contributed by atoms with Gasteiger partial charge in [0.05, 0.1) is 0 Å². The van der Waals surface area contributed by atoms with E-state index in [1.807, 2.05) is 0 Å². The standard InChI is InChI=1S/C7H6F5N4O11/c8-5(9,10)1-25-4(26-2-6(11,13(17)18)14(19)20)27-3-7(12,15(21)22)16(23)24/h1-3H2. The van der Waals surface area contributed by atoms with Gasteiger partial charge in [-0.25, -0.2) is 0 Å². The molecule has 27 heavy (non-hydrogen) atoms. The summed E-state index contributed by atoms with van der Waals surface area (Å²) in [5.74, 6) is -9.26. The first kappa shape index (κ1) is 24.1. The predicted octanol–water partition coefficient (Wildman–Crippen LogP) is 0.399. The van der Waals surface area contributed by atoms with Crippen LogP contribution in [0.3, 0.4) is 0 Å². The monoisotopic (exact) mass is 417 g/mol. The summed E-state index contributed by atoms with van der Waals surface area (Å²) in [5.41, 5.74) is 0. The van der Waals surface area contributed by atoms with Gasteiger partial charge in [0.25, 0.3) is 0 Å². The van der Waals surface area contributed by atoms with Gasteiger partial charge >= 0.3 is 24.5 Å². The van der Waals surface area contributed by atoms with Gasteiger partial charge in [0.15, 0.2) is 0 Å². The average Bonchev–Trinajstić information content (AvgIpc) is 2.51. The quantitative estimate of drug-likeness (QED) is 0.140. The fraction of sp³-hybridized carbons (Fsp3) is 0.857. The zero-order valence-electron chi connectivity index (χ0n) is 12.3. The molecule has 0 saturated heterocycles. The van der Waals surface area contributed by atoms with Gasteiger partial charge in [-0.05, 0) is 0 Å². The summed E-state index contributed by atoms with van der Waals surface area (Å²) in [7, 11) is 0. The van der Waals surface area contributed by atoms with Crippen molar-refractivity contribution in [3.05, 3.63) is 46.9 Å². The highest BCUT2D eigenvalue weighted by Gasteiger charge is 2.61. The Balaban J connectivity index is 5.29. The minimum absolute atomic E-state index is 2.08. The van der Waals surface area contributed by atoms with Crippen molar-refractivity contribution in [3.8, 4) is 0 Å². The van der Waals surface area contributed by atoms with Crippen LogP contribution >= 0.6 is 0 Å². The van der Waals surface area contributed by atoms with E-state index in [-0.39, 0.29) is 0 Å². The third-order valence-corrected chi connectivity index (χ3v) is 2.22. The summed E-state index contributed by atoms with van der Waals surface area (Å²) in [6.07, 6.45) is -5.17. The lowest BCUT2D eigenvalue weighted by Gasteiger charge is -2.18.